The van der Waals surface area contributed by atoms with Gasteiger partial charge in [-0.1, -0.05) is 85.0 Å². The molecule has 164 valence electrons. The predicted octanol–water partition coefficient (Wildman–Crippen LogP) is 8.40. The fraction of sp³-hybridized carbons (Fsp3) is 0.0303. The Morgan fingerprint density at radius 2 is 1.09 bits per heavy atom. The van der Waals surface area contributed by atoms with Crippen LogP contribution in [0, 0.1) is 0 Å². The Morgan fingerprint density at radius 3 is 1.71 bits per heavy atom. The summed E-state index contributed by atoms with van der Waals surface area (Å²) in [5, 5.41) is 7.43. The van der Waals surface area contributed by atoms with Crippen molar-refractivity contribution in [3.63, 3.8) is 0 Å². The third-order valence-corrected chi connectivity index (χ3v) is 7.01. The van der Waals surface area contributed by atoms with E-state index < -0.39 is 0 Å². The Bertz CT molecular complexity index is 1800. The number of aromatic nitrogens is 2. The molecule has 0 fully saturated rings. The van der Waals surface area contributed by atoms with E-state index in [2.05, 4.69) is 97.1 Å². The van der Waals surface area contributed by atoms with Crippen molar-refractivity contribution in [1.29, 1.82) is 0 Å². The summed E-state index contributed by atoms with van der Waals surface area (Å²) in [4.78, 5) is 9.69. The third kappa shape index (κ3) is 3.04. The van der Waals surface area contributed by atoms with Crippen LogP contribution in [0.3, 0.4) is 0 Å². The highest BCUT2D eigenvalue weighted by Gasteiger charge is 2.23. The molecule has 2 heteroatoms. The quantitative estimate of drug-likeness (QED) is 0.197. The van der Waals surface area contributed by atoms with Crippen molar-refractivity contribution in [3.8, 4) is 22.5 Å². The van der Waals surface area contributed by atoms with E-state index in [-0.39, 0.29) is 0 Å². The van der Waals surface area contributed by atoms with Crippen LogP contribution in [0.4, 0.5) is 0 Å². The smallest absolute Gasteiger partial charge is 0.0714 e. The number of hydrogen-bond acceptors (Lipinski definition) is 2. The molecule has 2 aromatic heterocycles. The van der Waals surface area contributed by atoms with Crippen LogP contribution in [0.2, 0.25) is 0 Å². The average molecular weight is 447 g/mol. The van der Waals surface area contributed by atoms with Crippen molar-refractivity contribution in [2.45, 2.75) is 6.42 Å². The molecule has 2 heterocycles. The molecule has 7 rings (SSSR count). The summed E-state index contributed by atoms with van der Waals surface area (Å²) in [5.74, 6) is 0. The van der Waals surface area contributed by atoms with Gasteiger partial charge >= 0.3 is 0 Å². The van der Waals surface area contributed by atoms with Gasteiger partial charge in [-0.2, -0.15) is 0 Å². The molecule has 2 nitrogen and oxygen atoms in total. The normalized spacial score (nSPS) is 12.8. The maximum absolute atomic E-state index is 4.85. The highest BCUT2D eigenvalue weighted by molar-refractivity contribution is 6.30. The summed E-state index contributed by atoms with van der Waals surface area (Å²) in [6, 6.07) is 29.9. The molecule has 0 radical (unpaired) electrons. The first-order valence-corrected chi connectivity index (χ1v) is 12.0. The second-order valence-corrected chi connectivity index (χ2v) is 8.90. The van der Waals surface area contributed by atoms with Gasteiger partial charge in [0.1, 0.15) is 0 Å². The highest BCUT2D eigenvalue weighted by atomic mass is 14.7. The van der Waals surface area contributed by atoms with Gasteiger partial charge in [0.25, 0.3) is 0 Å². The van der Waals surface area contributed by atoms with E-state index in [9.17, 15) is 0 Å². The maximum Gasteiger partial charge on any atom is 0.0714 e. The average Bonchev–Trinajstić information content (AvgIpc) is 3.19. The van der Waals surface area contributed by atoms with Gasteiger partial charge in [0, 0.05) is 34.3 Å². The second kappa shape index (κ2) is 8.03. The Hall–Kier alpha value is -4.56. The first kappa shape index (κ1) is 19.9. The minimum Gasteiger partial charge on any atom is -0.256 e. The molecule has 0 saturated heterocycles. The van der Waals surface area contributed by atoms with Gasteiger partial charge in [-0.3, -0.25) is 9.97 Å². The van der Waals surface area contributed by atoms with Gasteiger partial charge < -0.3 is 0 Å². The van der Waals surface area contributed by atoms with Gasteiger partial charge in [0.2, 0.25) is 0 Å². The third-order valence-electron chi connectivity index (χ3n) is 7.01. The molecular formula is C33H22N2. The lowest BCUT2D eigenvalue weighted by Crippen LogP contribution is -1.99. The molecule has 1 aliphatic carbocycles. The van der Waals surface area contributed by atoms with E-state index in [1.807, 2.05) is 24.5 Å². The topological polar surface area (TPSA) is 25.8 Å². The van der Waals surface area contributed by atoms with Crippen molar-refractivity contribution in [3.05, 3.63) is 127 Å². The molecule has 0 spiro atoms. The number of nitrogens with zero attached hydrogens (tertiary/aromatic N) is 2. The fourth-order valence-electron chi connectivity index (χ4n) is 5.61. The largest absolute Gasteiger partial charge is 0.256 e. The summed E-state index contributed by atoms with van der Waals surface area (Å²) in [7, 11) is 0. The molecule has 35 heavy (non-hydrogen) atoms. The number of fused-ring (bicyclic) bond motifs is 7. The summed E-state index contributed by atoms with van der Waals surface area (Å²) in [6.45, 7) is 0. The second-order valence-electron chi connectivity index (χ2n) is 8.90. The van der Waals surface area contributed by atoms with Gasteiger partial charge in [-0.15, -0.1) is 0 Å². The summed E-state index contributed by atoms with van der Waals surface area (Å²) in [5.41, 5.74) is 6.97. The molecular weight excluding hydrogens is 424 g/mol. The number of benzene rings is 4. The van der Waals surface area contributed by atoms with Gasteiger partial charge in [0.05, 0.1) is 11.4 Å². The molecule has 0 atom stereocenters. The van der Waals surface area contributed by atoms with E-state index in [0.717, 1.165) is 17.8 Å². The molecule has 0 bridgehead atoms. The van der Waals surface area contributed by atoms with Crippen molar-refractivity contribution in [2.24, 2.45) is 0 Å². The number of pyridine rings is 2. The summed E-state index contributed by atoms with van der Waals surface area (Å²) >= 11 is 0. The van der Waals surface area contributed by atoms with Crippen LogP contribution in [0.25, 0.3) is 60.9 Å². The Morgan fingerprint density at radius 1 is 0.514 bits per heavy atom. The molecule has 6 aromatic rings. The summed E-state index contributed by atoms with van der Waals surface area (Å²) < 4.78 is 0. The number of rotatable bonds is 2. The molecule has 4 aromatic carbocycles. The van der Waals surface area contributed by atoms with Crippen LogP contribution in [0.15, 0.2) is 116 Å². The van der Waals surface area contributed by atoms with Crippen molar-refractivity contribution in [1.82, 2.24) is 9.97 Å². The molecule has 0 saturated carbocycles. The maximum atomic E-state index is 4.85. The van der Waals surface area contributed by atoms with Crippen LogP contribution in [0.1, 0.15) is 11.1 Å². The van der Waals surface area contributed by atoms with E-state index in [4.69, 9.17) is 9.97 Å². The summed E-state index contributed by atoms with van der Waals surface area (Å²) in [6.07, 6.45) is 13.5. The molecule has 0 amide bonds. The van der Waals surface area contributed by atoms with E-state index in [1.54, 1.807) is 0 Å². The zero-order chi connectivity index (χ0) is 23.2. The molecule has 0 aliphatic heterocycles. The van der Waals surface area contributed by atoms with E-state index >= 15 is 0 Å². The first-order valence-electron chi connectivity index (χ1n) is 12.0. The van der Waals surface area contributed by atoms with Crippen LogP contribution in [0.5, 0.6) is 0 Å². The zero-order valence-electron chi connectivity index (χ0n) is 19.1. The van der Waals surface area contributed by atoms with Gasteiger partial charge in [-0.25, -0.2) is 0 Å². The Kier molecular flexibility index (Phi) is 4.56. The van der Waals surface area contributed by atoms with Crippen molar-refractivity contribution < 1.29 is 0 Å². The van der Waals surface area contributed by atoms with E-state index in [0.29, 0.717) is 0 Å². The lowest BCUT2D eigenvalue weighted by atomic mass is 9.81. The minimum atomic E-state index is 0.895. The minimum absolute atomic E-state index is 0.895. The predicted molar refractivity (Wildman–Crippen MR) is 147 cm³/mol. The Labute approximate surface area is 203 Å². The highest BCUT2D eigenvalue weighted by Crippen LogP contribution is 2.48. The Balaban J connectivity index is 1.85. The lowest BCUT2D eigenvalue weighted by molar-refractivity contribution is 1.30. The van der Waals surface area contributed by atoms with Gasteiger partial charge in [-0.05, 0) is 63.4 Å². The molecule has 0 unspecified atom stereocenters. The monoisotopic (exact) mass is 446 g/mol. The van der Waals surface area contributed by atoms with Crippen molar-refractivity contribution >= 4 is 38.4 Å². The molecule has 1 aliphatic rings. The zero-order valence-corrected chi connectivity index (χ0v) is 19.1. The van der Waals surface area contributed by atoms with Crippen LogP contribution in [-0.2, 0) is 6.42 Å². The molecule has 0 N–H and O–H groups in total. The van der Waals surface area contributed by atoms with Crippen molar-refractivity contribution in [2.75, 3.05) is 0 Å². The van der Waals surface area contributed by atoms with E-state index in [1.165, 1.54) is 54.6 Å². The van der Waals surface area contributed by atoms with Crippen LogP contribution >= 0.6 is 0 Å². The fourth-order valence-corrected chi connectivity index (χ4v) is 5.61. The first-order chi connectivity index (χ1) is 17.4. The number of hydrogen-bond donors (Lipinski definition) is 0. The van der Waals surface area contributed by atoms with Crippen LogP contribution in [-0.4, -0.2) is 9.97 Å². The standard InChI is InChI=1S/C33H22N2/c1-2-12-22-23-13-4-5-15-25(23)33-31(29-19-9-11-21-35-29)27-17-7-6-16-26(27)30(28-18-8-10-20-34-28)32(33)24(22)14-3-1/h1-11,13-21H,12H2. The van der Waals surface area contributed by atoms with Crippen LogP contribution < -0.4 is 0 Å². The lowest BCUT2D eigenvalue weighted by Gasteiger charge is -2.22. The van der Waals surface area contributed by atoms with Gasteiger partial charge in [0.15, 0.2) is 0 Å². The number of allylic oxidation sites excluding steroid dienone is 3. The SMILES string of the molecule is C1=CCc2c(c3c(-c4ccccn4)c4ccccc4c(-c4ccccn4)c3c3ccccc23)C=C1.